The van der Waals surface area contributed by atoms with E-state index in [1.807, 2.05) is 6.07 Å². The highest BCUT2D eigenvalue weighted by molar-refractivity contribution is 7.91. The molecule has 0 amide bonds. The summed E-state index contributed by atoms with van der Waals surface area (Å²) in [6, 6.07) is 10.6. The third-order valence-corrected chi connectivity index (χ3v) is 5.81. The number of nitrogens with two attached hydrogens (primary N) is 1. The molecule has 0 fully saturated rings. The van der Waals surface area contributed by atoms with Crippen molar-refractivity contribution in [3.63, 3.8) is 0 Å². The molecule has 0 bridgehead atoms. The van der Waals surface area contributed by atoms with Crippen LogP contribution >= 0.6 is 0 Å². The normalized spacial score (nSPS) is 11.8. The van der Waals surface area contributed by atoms with Crippen LogP contribution in [0.3, 0.4) is 0 Å². The summed E-state index contributed by atoms with van der Waals surface area (Å²) in [5.74, 6) is 0. The maximum atomic E-state index is 13.1. The topological polar surface area (TPSA) is 87.2 Å². The third-order valence-electron chi connectivity index (χ3n) is 4.01. The Morgan fingerprint density at radius 2 is 1.85 bits per heavy atom. The summed E-state index contributed by atoms with van der Waals surface area (Å²) in [6.07, 6.45) is -4.58. The van der Waals surface area contributed by atoms with Gasteiger partial charge in [0.05, 0.1) is 33.5 Å². The molecule has 0 unspecified atom stereocenters. The predicted molar refractivity (Wildman–Crippen MR) is 95.9 cm³/mol. The van der Waals surface area contributed by atoms with E-state index in [0.717, 1.165) is 12.1 Å². The van der Waals surface area contributed by atoms with Crippen LogP contribution in [0.25, 0.3) is 0 Å². The van der Waals surface area contributed by atoms with Crippen LogP contribution in [0.1, 0.15) is 18.9 Å². The van der Waals surface area contributed by atoms with Crippen molar-refractivity contribution in [2.45, 2.75) is 29.3 Å². The van der Waals surface area contributed by atoms with Crippen LogP contribution in [-0.4, -0.2) is 21.5 Å². The monoisotopic (exact) mass is 397 g/mol. The highest BCUT2D eigenvalue weighted by atomic mass is 32.2. The number of hydrogen-bond donors (Lipinski definition) is 1. The minimum absolute atomic E-state index is 0.123. The number of anilines is 2. The number of alkyl halides is 3. The fourth-order valence-corrected chi connectivity index (χ4v) is 4.16. The lowest BCUT2D eigenvalue weighted by molar-refractivity contribution is -0.137. The molecule has 0 saturated carbocycles. The Balaban J connectivity index is 2.61. The van der Waals surface area contributed by atoms with Crippen LogP contribution in [0.2, 0.25) is 0 Å². The Morgan fingerprint density at radius 1 is 1.19 bits per heavy atom. The molecule has 2 N–H and O–H groups in total. The van der Waals surface area contributed by atoms with Gasteiger partial charge in [-0.15, -0.1) is 0 Å². The van der Waals surface area contributed by atoms with Gasteiger partial charge < -0.3 is 10.6 Å². The molecule has 0 aromatic heterocycles. The molecule has 0 aliphatic rings. The summed E-state index contributed by atoms with van der Waals surface area (Å²) in [6.45, 7) is 2.53. The van der Waals surface area contributed by atoms with Crippen LogP contribution in [0.4, 0.5) is 24.5 Å². The number of benzene rings is 2. The van der Waals surface area contributed by atoms with Gasteiger partial charge in [-0.25, -0.2) is 8.42 Å². The van der Waals surface area contributed by atoms with Crippen molar-refractivity contribution in [2.24, 2.45) is 0 Å². The van der Waals surface area contributed by atoms with Gasteiger partial charge in [0.15, 0.2) is 0 Å². The van der Waals surface area contributed by atoms with Gasteiger partial charge in [-0.1, -0.05) is 12.1 Å². The summed E-state index contributed by atoms with van der Waals surface area (Å²) in [4.78, 5) is 1.08. The lowest BCUT2D eigenvalue weighted by Gasteiger charge is -2.24. The van der Waals surface area contributed by atoms with Crippen LogP contribution in [-0.2, 0) is 16.0 Å². The van der Waals surface area contributed by atoms with Crippen molar-refractivity contribution in [1.82, 2.24) is 0 Å². The molecule has 9 heteroatoms. The molecule has 0 atom stereocenters. The fraction of sp³-hybridized carbons (Fsp3) is 0.278. The van der Waals surface area contributed by atoms with Crippen molar-refractivity contribution < 1.29 is 21.6 Å². The van der Waals surface area contributed by atoms with Gasteiger partial charge in [0, 0.05) is 18.8 Å². The van der Waals surface area contributed by atoms with E-state index < -0.39 is 32.2 Å². The van der Waals surface area contributed by atoms with Crippen LogP contribution < -0.4 is 10.6 Å². The van der Waals surface area contributed by atoms with Gasteiger partial charge in [-0.05, 0) is 37.3 Å². The quantitative estimate of drug-likeness (QED) is 0.748. The Hall–Kier alpha value is -2.73. The lowest BCUT2D eigenvalue weighted by atomic mass is 10.2. The first-order valence-corrected chi connectivity index (χ1v) is 9.54. The highest BCUT2D eigenvalue weighted by Crippen LogP contribution is 2.37. The van der Waals surface area contributed by atoms with E-state index in [1.54, 1.807) is 24.0 Å². The van der Waals surface area contributed by atoms with E-state index >= 15 is 0 Å². The van der Waals surface area contributed by atoms with E-state index in [2.05, 4.69) is 0 Å². The second-order valence-electron chi connectivity index (χ2n) is 5.71. The third kappa shape index (κ3) is 4.34. The Morgan fingerprint density at radius 3 is 2.44 bits per heavy atom. The molecular formula is C18H18F3N3O2S. The number of nitrogen functional groups attached to an aromatic ring is 1. The zero-order valence-electron chi connectivity index (χ0n) is 14.5. The lowest BCUT2D eigenvalue weighted by Crippen LogP contribution is -2.25. The van der Waals surface area contributed by atoms with Gasteiger partial charge in [0.2, 0.25) is 9.84 Å². The number of halogens is 3. The second kappa shape index (κ2) is 7.88. The Bertz CT molecular complexity index is 967. The molecule has 0 aliphatic heterocycles. The molecule has 2 aromatic carbocycles. The number of rotatable bonds is 6. The molecule has 144 valence electrons. The fourth-order valence-electron chi connectivity index (χ4n) is 2.65. The molecule has 2 rings (SSSR count). The summed E-state index contributed by atoms with van der Waals surface area (Å²) < 4.78 is 65.4. The SMILES string of the molecule is CCN(CCC#N)c1ccccc1S(=O)(=O)c1ccc(N)c(C(F)(F)F)c1. The Labute approximate surface area is 155 Å². The van der Waals surface area contributed by atoms with Crippen molar-refractivity contribution in [3.8, 4) is 6.07 Å². The molecule has 2 aromatic rings. The van der Waals surface area contributed by atoms with Crippen LogP contribution in [0, 0.1) is 11.3 Å². The maximum absolute atomic E-state index is 13.1. The number of nitrogens with zero attached hydrogens (tertiary/aromatic N) is 2. The summed E-state index contributed by atoms with van der Waals surface area (Å²) >= 11 is 0. The number of nitriles is 1. The molecule has 27 heavy (non-hydrogen) atoms. The molecular weight excluding hydrogens is 379 g/mol. The predicted octanol–water partition coefficient (Wildman–Crippen LogP) is 3.86. The maximum Gasteiger partial charge on any atom is 0.418 e. The zero-order valence-corrected chi connectivity index (χ0v) is 15.3. The van der Waals surface area contributed by atoms with Crippen LogP contribution in [0.5, 0.6) is 0 Å². The first-order valence-electron chi connectivity index (χ1n) is 8.05. The van der Waals surface area contributed by atoms with E-state index in [1.165, 1.54) is 12.1 Å². The van der Waals surface area contributed by atoms with Gasteiger partial charge in [0.25, 0.3) is 0 Å². The van der Waals surface area contributed by atoms with Gasteiger partial charge in [0.1, 0.15) is 0 Å². The van der Waals surface area contributed by atoms with Crippen molar-refractivity contribution in [1.29, 1.82) is 5.26 Å². The second-order valence-corrected chi connectivity index (χ2v) is 7.62. The summed E-state index contributed by atoms with van der Waals surface area (Å²) in [5.41, 5.74) is 3.95. The van der Waals surface area contributed by atoms with Crippen molar-refractivity contribution >= 4 is 21.2 Å². The van der Waals surface area contributed by atoms with Gasteiger partial charge >= 0.3 is 6.18 Å². The molecule has 5 nitrogen and oxygen atoms in total. The molecule has 0 saturated heterocycles. The number of sulfone groups is 1. The van der Waals surface area contributed by atoms with E-state index in [4.69, 9.17) is 11.0 Å². The smallest absolute Gasteiger partial charge is 0.398 e. The van der Waals surface area contributed by atoms with E-state index in [-0.39, 0.29) is 11.3 Å². The minimum atomic E-state index is -4.77. The molecule has 0 radical (unpaired) electrons. The number of hydrogen-bond acceptors (Lipinski definition) is 5. The Kier molecular flexibility index (Phi) is 6.01. The van der Waals surface area contributed by atoms with Crippen LogP contribution in [0.15, 0.2) is 52.3 Å². The van der Waals surface area contributed by atoms with Crippen molar-refractivity contribution in [3.05, 3.63) is 48.0 Å². The first-order chi connectivity index (χ1) is 12.6. The van der Waals surface area contributed by atoms with Gasteiger partial charge in [-0.2, -0.15) is 18.4 Å². The first kappa shape index (κ1) is 20.6. The standard InChI is InChI=1S/C18H18F3N3O2S/c1-2-24(11-5-10-22)16-6-3-4-7-17(16)27(25,26)13-8-9-15(23)14(12-13)18(19,20)21/h3-4,6-9,12H,2,5,11,23H2,1H3. The summed E-state index contributed by atoms with van der Waals surface area (Å²) in [5, 5.41) is 8.78. The molecule has 0 heterocycles. The largest absolute Gasteiger partial charge is 0.418 e. The van der Waals surface area contributed by atoms with Crippen molar-refractivity contribution in [2.75, 3.05) is 23.7 Å². The van der Waals surface area contributed by atoms with E-state index in [0.29, 0.717) is 24.8 Å². The summed E-state index contributed by atoms with van der Waals surface area (Å²) in [7, 11) is -4.23. The molecule has 0 aliphatic carbocycles. The molecule has 0 spiro atoms. The number of para-hydroxylation sites is 1. The highest BCUT2D eigenvalue weighted by Gasteiger charge is 2.35. The minimum Gasteiger partial charge on any atom is -0.398 e. The van der Waals surface area contributed by atoms with Gasteiger partial charge in [-0.3, -0.25) is 0 Å². The average molecular weight is 397 g/mol. The zero-order chi connectivity index (χ0) is 20.2. The van der Waals surface area contributed by atoms with E-state index in [9.17, 15) is 21.6 Å². The average Bonchev–Trinajstić information content (AvgIpc) is 2.62.